The van der Waals surface area contributed by atoms with Crippen LogP contribution < -0.4 is 0 Å². The summed E-state index contributed by atoms with van der Waals surface area (Å²) in [5.74, 6) is 0.921. The first-order valence-electron chi connectivity index (χ1n) is 6.80. The average Bonchev–Trinajstić information content (AvgIpc) is 2.38. The number of hydrogen-bond donors (Lipinski definition) is 0. The van der Waals surface area contributed by atoms with Crippen LogP contribution in [0.3, 0.4) is 0 Å². The van der Waals surface area contributed by atoms with E-state index in [1.165, 1.54) is 32.4 Å². The summed E-state index contributed by atoms with van der Waals surface area (Å²) in [5, 5.41) is 0. The average molecular weight is 236 g/mol. The van der Waals surface area contributed by atoms with E-state index in [0.717, 1.165) is 31.8 Å². The number of rotatable bonds is 4. The van der Waals surface area contributed by atoms with Gasteiger partial charge in [0.2, 0.25) is 0 Å². The second kappa shape index (κ2) is 5.67. The molecule has 0 amide bonds. The summed E-state index contributed by atoms with van der Waals surface area (Å²) >= 11 is 0. The van der Waals surface area contributed by atoms with Crippen LogP contribution in [0.15, 0.2) is 17.6 Å². The molecule has 0 aliphatic carbocycles. The van der Waals surface area contributed by atoms with E-state index in [1.807, 2.05) is 6.08 Å². The van der Waals surface area contributed by atoms with Crippen LogP contribution in [0.1, 0.15) is 39.0 Å². The molecule has 2 heterocycles. The number of ether oxygens (including phenoxy) is 1. The maximum atomic E-state index is 5.92. The zero-order valence-corrected chi connectivity index (χ0v) is 11.0. The minimum atomic E-state index is -0.195. The molecule has 2 aliphatic rings. The van der Waals surface area contributed by atoms with Gasteiger partial charge in [0, 0.05) is 25.9 Å². The number of piperidine rings is 1. The predicted molar refractivity (Wildman–Crippen MR) is 71.5 cm³/mol. The lowest BCUT2D eigenvalue weighted by Crippen LogP contribution is -2.37. The highest BCUT2D eigenvalue weighted by atomic mass is 16.5. The summed E-state index contributed by atoms with van der Waals surface area (Å²) in [4.78, 5) is 7.00. The molecule has 1 atom stereocenters. The number of likely N-dealkylation sites (tertiary alicyclic amines) is 1. The third kappa shape index (κ3) is 3.56. The molecule has 0 aromatic heterocycles. The van der Waals surface area contributed by atoms with Crippen molar-refractivity contribution in [2.24, 2.45) is 4.99 Å². The number of nitrogens with zero attached hydrogens (tertiary/aromatic N) is 2. The standard InChI is InChI=1S/C14H24N2O/c1-3-14(2)8-9-15-13(17-14)7-12-16-10-5-4-6-11-16/h3H,1,4-12H2,2H3. The normalized spacial score (nSPS) is 30.5. The van der Waals surface area contributed by atoms with Crippen LogP contribution in [0.25, 0.3) is 0 Å². The molecule has 1 saturated heterocycles. The molecule has 0 aromatic carbocycles. The molecule has 0 aromatic rings. The first-order valence-corrected chi connectivity index (χ1v) is 6.80. The van der Waals surface area contributed by atoms with Crippen molar-refractivity contribution in [2.45, 2.75) is 44.6 Å². The second-order valence-electron chi connectivity index (χ2n) is 5.30. The predicted octanol–water partition coefficient (Wildman–Crippen LogP) is 2.63. The van der Waals surface area contributed by atoms with E-state index in [0.29, 0.717) is 0 Å². The van der Waals surface area contributed by atoms with Gasteiger partial charge in [0.25, 0.3) is 0 Å². The fourth-order valence-electron chi connectivity index (χ4n) is 2.47. The molecule has 0 saturated carbocycles. The van der Waals surface area contributed by atoms with Gasteiger partial charge in [0.1, 0.15) is 5.60 Å². The summed E-state index contributed by atoms with van der Waals surface area (Å²) in [6.45, 7) is 10.4. The molecule has 2 rings (SSSR count). The van der Waals surface area contributed by atoms with Gasteiger partial charge in [-0.1, -0.05) is 13.0 Å². The Morgan fingerprint density at radius 3 is 2.88 bits per heavy atom. The molecule has 2 aliphatic heterocycles. The van der Waals surface area contributed by atoms with Crippen LogP contribution in [-0.4, -0.2) is 42.6 Å². The lowest BCUT2D eigenvalue weighted by Gasteiger charge is -2.32. The molecule has 0 N–H and O–H groups in total. The van der Waals surface area contributed by atoms with Gasteiger partial charge in [0.15, 0.2) is 5.90 Å². The third-order valence-corrected chi connectivity index (χ3v) is 3.77. The van der Waals surface area contributed by atoms with Crippen molar-refractivity contribution >= 4 is 5.90 Å². The smallest absolute Gasteiger partial charge is 0.185 e. The molecular formula is C14H24N2O. The fraction of sp³-hybridized carbons (Fsp3) is 0.786. The van der Waals surface area contributed by atoms with E-state index in [-0.39, 0.29) is 5.60 Å². The van der Waals surface area contributed by atoms with E-state index < -0.39 is 0 Å². The molecule has 17 heavy (non-hydrogen) atoms. The van der Waals surface area contributed by atoms with E-state index in [1.54, 1.807) is 0 Å². The van der Waals surface area contributed by atoms with Crippen LogP contribution in [0, 0.1) is 0 Å². The van der Waals surface area contributed by atoms with Crippen molar-refractivity contribution < 1.29 is 4.74 Å². The summed E-state index contributed by atoms with van der Waals surface area (Å²) in [6.07, 6.45) is 7.88. The molecule has 1 fully saturated rings. The highest BCUT2D eigenvalue weighted by molar-refractivity contribution is 5.77. The topological polar surface area (TPSA) is 24.8 Å². The quantitative estimate of drug-likeness (QED) is 0.701. The lowest BCUT2D eigenvalue weighted by atomic mass is 10.0. The van der Waals surface area contributed by atoms with E-state index in [4.69, 9.17) is 4.74 Å². The van der Waals surface area contributed by atoms with Crippen LogP contribution in [-0.2, 0) is 4.74 Å². The Morgan fingerprint density at radius 2 is 2.18 bits per heavy atom. The van der Waals surface area contributed by atoms with Crippen LogP contribution in [0.4, 0.5) is 0 Å². The van der Waals surface area contributed by atoms with Gasteiger partial charge in [-0.25, -0.2) is 0 Å². The minimum Gasteiger partial charge on any atom is -0.471 e. The number of aliphatic imine (C=N–C) groups is 1. The largest absolute Gasteiger partial charge is 0.471 e. The number of hydrogen-bond acceptors (Lipinski definition) is 3. The summed E-state index contributed by atoms with van der Waals surface area (Å²) in [6, 6.07) is 0. The summed E-state index contributed by atoms with van der Waals surface area (Å²) in [7, 11) is 0. The fourth-order valence-corrected chi connectivity index (χ4v) is 2.47. The van der Waals surface area contributed by atoms with Crippen molar-refractivity contribution in [3.05, 3.63) is 12.7 Å². The summed E-state index contributed by atoms with van der Waals surface area (Å²) < 4.78 is 5.92. The Bertz CT molecular complexity index is 295. The second-order valence-corrected chi connectivity index (χ2v) is 5.30. The third-order valence-electron chi connectivity index (χ3n) is 3.77. The molecule has 3 heteroatoms. The van der Waals surface area contributed by atoms with Crippen molar-refractivity contribution in [3.63, 3.8) is 0 Å². The minimum absolute atomic E-state index is 0.195. The SMILES string of the molecule is C=CC1(C)CCN=C(CCN2CCCCC2)O1. The Kier molecular flexibility index (Phi) is 4.21. The highest BCUT2D eigenvalue weighted by Crippen LogP contribution is 2.22. The van der Waals surface area contributed by atoms with Gasteiger partial charge in [-0.15, -0.1) is 0 Å². The lowest BCUT2D eigenvalue weighted by molar-refractivity contribution is 0.0991. The Balaban J connectivity index is 1.78. The molecule has 0 radical (unpaired) electrons. The first kappa shape index (κ1) is 12.6. The Morgan fingerprint density at radius 1 is 1.41 bits per heavy atom. The van der Waals surface area contributed by atoms with E-state index in [2.05, 4.69) is 23.4 Å². The van der Waals surface area contributed by atoms with Gasteiger partial charge in [-0.2, -0.15) is 0 Å². The van der Waals surface area contributed by atoms with Crippen LogP contribution >= 0.6 is 0 Å². The van der Waals surface area contributed by atoms with Gasteiger partial charge in [-0.05, 0) is 38.9 Å². The molecule has 3 nitrogen and oxygen atoms in total. The van der Waals surface area contributed by atoms with Gasteiger partial charge < -0.3 is 9.64 Å². The molecule has 0 bridgehead atoms. The molecule has 0 spiro atoms. The zero-order valence-electron chi connectivity index (χ0n) is 11.0. The van der Waals surface area contributed by atoms with Crippen molar-refractivity contribution in [1.82, 2.24) is 4.90 Å². The summed E-state index contributed by atoms with van der Waals surface area (Å²) in [5.41, 5.74) is -0.195. The Hall–Kier alpha value is -0.830. The van der Waals surface area contributed by atoms with Gasteiger partial charge in [0.05, 0.1) is 0 Å². The monoisotopic (exact) mass is 236 g/mol. The molecular weight excluding hydrogens is 212 g/mol. The molecule has 96 valence electrons. The Labute approximate surface area is 105 Å². The van der Waals surface area contributed by atoms with Crippen molar-refractivity contribution in [1.29, 1.82) is 0 Å². The van der Waals surface area contributed by atoms with Gasteiger partial charge >= 0.3 is 0 Å². The highest BCUT2D eigenvalue weighted by Gasteiger charge is 2.27. The maximum absolute atomic E-state index is 5.92. The van der Waals surface area contributed by atoms with Crippen LogP contribution in [0.2, 0.25) is 0 Å². The van der Waals surface area contributed by atoms with E-state index in [9.17, 15) is 0 Å². The maximum Gasteiger partial charge on any atom is 0.185 e. The van der Waals surface area contributed by atoms with Crippen molar-refractivity contribution in [3.8, 4) is 0 Å². The first-order chi connectivity index (χ1) is 8.22. The zero-order chi connectivity index (χ0) is 12.1. The van der Waals surface area contributed by atoms with Crippen molar-refractivity contribution in [2.75, 3.05) is 26.2 Å². The van der Waals surface area contributed by atoms with Gasteiger partial charge in [-0.3, -0.25) is 4.99 Å². The molecule has 1 unspecified atom stereocenters. The van der Waals surface area contributed by atoms with E-state index >= 15 is 0 Å². The van der Waals surface area contributed by atoms with Crippen LogP contribution in [0.5, 0.6) is 0 Å².